The molecule has 5 nitrogen and oxygen atoms in total. The van der Waals surface area contributed by atoms with Crippen LogP contribution in [-0.2, 0) is 6.61 Å². The van der Waals surface area contributed by atoms with E-state index in [4.69, 9.17) is 10.5 Å². The number of hydrogen-bond acceptors (Lipinski definition) is 4. The average Bonchev–Trinajstić information content (AvgIpc) is 3.12. The number of ether oxygens (including phenoxy) is 1. The third kappa shape index (κ3) is 4.45. The van der Waals surface area contributed by atoms with Gasteiger partial charge in [-0.1, -0.05) is 36.4 Å². The monoisotopic (exact) mass is 392 g/mol. The first kappa shape index (κ1) is 19.3. The highest BCUT2D eigenvalue weighted by Crippen LogP contribution is 2.28. The number of rotatable bonds is 6. The van der Waals surface area contributed by atoms with Crippen LogP contribution >= 0.6 is 12.4 Å². The van der Waals surface area contributed by atoms with E-state index in [-0.39, 0.29) is 12.4 Å². The van der Waals surface area contributed by atoms with E-state index in [1.807, 2.05) is 66.9 Å². The van der Waals surface area contributed by atoms with E-state index in [1.54, 1.807) is 6.21 Å². The lowest BCUT2D eigenvalue weighted by molar-refractivity contribution is 0.310. The topological polar surface area (TPSA) is 75.4 Å². The number of hydrazone groups is 1. The minimum atomic E-state index is 0. The molecule has 0 saturated carbocycles. The van der Waals surface area contributed by atoms with Gasteiger partial charge >= 0.3 is 0 Å². The molecule has 4 rings (SSSR count). The molecule has 0 saturated heterocycles. The Bertz CT molecular complexity index is 1060. The van der Waals surface area contributed by atoms with E-state index in [0.717, 1.165) is 39.2 Å². The summed E-state index contributed by atoms with van der Waals surface area (Å²) < 4.78 is 6.07. The molecule has 0 unspecified atom stereocenters. The van der Waals surface area contributed by atoms with Gasteiger partial charge in [0.25, 0.3) is 0 Å². The van der Waals surface area contributed by atoms with Crippen LogP contribution in [0.4, 0.5) is 11.4 Å². The molecule has 0 bridgehead atoms. The summed E-state index contributed by atoms with van der Waals surface area (Å²) in [7, 11) is 0. The van der Waals surface area contributed by atoms with E-state index in [0.29, 0.717) is 6.61 Å². The fourth-order valence-corrected chi connectivity index (χ4v) is 2.87. The van der Waals surface area contributed by atoms with Crippen molar-refractivity contribution in [3.05, 3.63) is 90.1 Å². The molecular weight excluding hydrogens is 372 g/mol. The van der Waals surface area contributed by atoms with Gasteiger partial charge < -0.3 is 15.5 Å². The third-order valence-electron chi connectivity index (χ3n) is 4.24. The standard InChI is InChI=1S/C22H20N4O.ClH/c23-18-9-11-19(12-10-18)26-25-14-17-13-24-20-7-4-8-21(22(17)20)27-15-16-5-2-1-3-6-16;/h1-14,24,26H,15,23H2;1H/b25-14+;. The second kappa shape index (κ2) is 8.97. The average molecular weight is 393 g/mol. The van der Waals surface area contributed by atoms with Gasteiger partial charge in [0.2, 0.25) is 0 Å². The molecular formula is C22H21ClN4O. The summed E-state index contributed by atoms with van der Waals surface area (Å²) in [4.78, 5) is 3.27. The number of halogens is 1. The van der Waals surface area contributed by atoms with Gasteiger partial charge in [-0.3, -0.25) is 5.43 Å². The second-order valence-electron chi connectivity index (χ2n) is 6.19. The van der Waals surface area contributed by atoms with Crippen molar-refractivity contribution in [1.82, 2.24) is 4.98 Å². The lowest BCUT2D eigenvalue weighted by atomic mass is 10.1. The van der Waals surface area contributed by atoms with Gasteiger partial charge in [-0.25, -0.2) is 0 Å². The number of H-pyrrole nitrogens is 1. The van der Waals surface area contributed by atoms with Crippen LogP contribution in [0.3, 0.4) is 0 Å². The van der Waals surface area contributed by atoms with Crippen molar-refractivity contribution in [2.24, 2.45) is 5.10 Å². The Balaban J connectivity index is 0.00000225. The summed E-state index contributed by atoms with van der Waals surface area (Å²) in [5.74, 6) is 0.825. The van der Waals surface area contributed by atoms with E-state index < -0.39 is 0 Å². The number of aromatic nitrogens is 1. The Morgan fingerprint density at radius 2 is 1.75 bits per heavy atom. The Morgan fingerprint density at radius 3 is 2.54 bits per heavy atom. The van der Waals surface area contributed by atoms with E-state index in [2.05, 4.69) is 27.6 Å². The SMILES string of the molecule is Cl.Nc1ccc(N/N=C/c2c[nH]c3cccc(OCc4ccccc4)c23)cc1. The first-order valence-electron chi connectivity index (χ1n) is 8.71. The minimum absolute atomic E-state index is 0. The molecule has 3 aromatic carbocycles. The second-order valence-corrected chi connectivity index (χ2v) is 6.19. The van der Waals surface area contributed by atoms with Crippen LogP contribution in [0.2, 0.25) is 0 Å². The fourth-order valence-electron chi connectivity index (χ4n) is 2.87. The molecule has 0 atom stereocenters. The zero-order chi connectivity index (χ0) is 18.5. The van der Waals surface area contributed by atoms with Crippen molar-refractivity contribution in [1.29, 1.82) is 0 Å². The van der Waals surface area contributed by atoms with Crippen LogP contribution in [-0.4, -0.2) is 11.2 Å². The van der Waals surface area contributed by atoms with Gasteiger partial charge in [0.1, 0.15) is 12.4 Å². The molecule has 1 aromatic heterocycles. The summed E-state index contributed by atoms with van der Waals surface area (Å²) in [6, 6.07) is 23.5. The Hall–Kier alpha value is -3.44. The zero-order valence-electron chi connectivity index (χ0n) is 15.1. The Kier molecular flexibility index (Phi) is 6.19. The van der Waals surface area contributed by atoms with Crippen LogP contribution in [0.5, 0.6) is 5.75 Å². The third-order valence-corrected chi connectivity index (χ3v) is 4.24. The summed E-state index contributed by atoms with van der Waals surface area (Å²) >= 11 is 0. The Labute approximate surface area is 169 Å². The molecule has 0 fully saturated rings. The largest absolute Gasteiger partial charge is 0.488 e. The minimum Gasteiger partial charge on any atom is -0.488 e. The summed E-state index contributed by atoms with van der Waals surface area (Å²) in [6.45, 7) is 0.519. The maximum absolute atomic E-state index is 6.07. The molecule has 1 heterocycles. The van der Waals surface area contributed by atoms with Crippen LogP contribution < -0.4 is 15.9 Å². The highest BCUT2D eigenvalue weighted by atomic mass is 35.5. The summed E-state index contributed by atoms with van der Waals surface area (Å²) in [5.41, 5.74) is 13.4. The van der Waals surface area contributed by atoms with Crippen LogP contribution in [0.25, 0.3) is 10.9 Å². The molecule has 6 heteroatoms. The lowest BCUT2D eigenvalue weighted by Crippen LogP contribution is -1.96. The van der Waals surface area contributed by atoms with Crippen LogP contribution in [0.1, 0.15) is 11.1 Å². The number of hydrogen-bond donors (Lipinski definition) is 3. The number of nitrogen functional groups attached to an aromatic ring is 1. The molecule has 142 valence electrons. The molecule has 4 aromatic rings. The number of fused-ring (bicyclic) bond motifs is 1. The maximum Gasteiger partial charge on any atom is 0.129 e. The fraction of sp³-hybridized carbons (Fsp3) is 0.0455. The van der Waals surface area contributed by atoms with Crippen molar-refractivity contribution in [3.8, 4) is 5.75 Å². The summed E-state index contributed by atoms with van der Waals surface area (Å²) in [6.07, 6.45) is 3.71. The van der Waals surface area contributed by atoms with E-state index in [1.165, 1.54) is 0 Å². The first-order chi connectivity index (χ1) is 13.3. The van der Waals surface area contributed by atoms with Crippen molar-refractivity contribution in [3.63, 3.8) is 0 Å². The number of nitrogens with zero attached hydrogens (tertiary/aromatic N) is 1. The number of nitrogens with one attached hydrogen (secondary N) is 2. The number of benzene rings is 3. The van der Waals surface area contributed by atoms with Gasteiger partial charge in [0.05, 0.1) is 17.3 Å². The maximum atomic E-state index is 6.07. The van der Waals surface area contributed by atoms with E-state index >= 15 is 0 Å². The quantitative estimate of drug-likeness (QED) is 0.240. The molecule has 4 N–H and O–H groups in total. The molecule has 0 spiro atoms. The highest BCUT2D eigenvalue weighted by Gasteiger charge is 2.08. The highest BCUT2D eigenvalue weighted by molar-refractivity contribution is 6.02. The van der Waals surface area contributed by atoms with Crippen LogP contribution in [0, 0.1) is 0 Å². The molecule has 0 aliphatic carbocycles. The smallest absolute Gasteiger partial charge is 0.129 e. The van der Waals surface area contributed by atoms with Gasteiger partial charge in [-0.2, -0.15) is 5.10 Å². The van der Waals surface area contributed by atoms with Gasteiger partial charge in [-0.15, -0.1) is 12.4 Å². The van der Waals surface area contributed by atoms with Crippen molar-refractivity contribution in [2.45, 2.75) is 6.61 Å². The molecule has 28 heavy (non-hydrogen) atoms. The molecule has 0 aliphatic rings. The number of nitrogens with two attached hydrogens (primary N) is 1. The van der Waals surface area contributed by atoms with Crippen molar-refractivity contribution >= 4 is 40.9 Å². The molecule has 0 radical (unpaired) electrons. The van der Waals surface area contributed by atoms with Crippen molar-refractivity contribution < 1.29 is 4.74 Å². The lowest BCUT2D eigenvalue weighted by Gasteiger charge is -2.08. The van der Waals surface area contributed by atoms with Gasteiger partial charge in [-0.05, 0) is 42.0 Å². The van der Waals surface area contributed by atoms with E-state index in [9.17, 15) is 0 Å². The van der Waals surface area contributed by atoms with Gasteiger partial charge in [0.15, 0.2) is 0 Å². The summed E-state index contributed by atoms with van der Waals surface area (Å²) in [5, 5.41) is 5.34. The predicted molar refractivity (Wildman–Crippen MR) is 118 cm³/mol. The van der Waals surface area contributed by atoms with Crippen molar-refractivity contribution in [2.75, 3.05) is 11.2 Å². The normalized spacial score (nSPS) is 10.7. The molecule has 0 amide bonds. The first-order valence-corrected chi connectivity index (χ1v) is 8.71. The predicted octanol–water partition coefficient (Wildman–Crippen LogP) is 5.20. The Morgan fingerprint density at radius 1 is 0.964 bits per heavy atom. The number of anilines is 2. The molecule has 0 aliphatic heterocycles. The van der Waals surface area contributed by atoms with Crippen LogP contribution in [0.15, 0.2) is 84.1 Å². The zero-order valence-corrected chi connectivity index (χ0v) is 15.9. The van der Waals surface area contributed by atoms with Gasteiger partial charge in [0, 0.05) is 23.0 Å². The number of aromatic amines is 1.